The smallest absolute Gasteiger partial charge is 0.277 e. The molecule has 1 N–H and O–H groups in total. The molecule has 1 unspecified atom stereocenters. The predicted molar refractivity (Wildman–Crippen MR) is 89.3 cm³/mol. The van der Waals surface area contributed by atoms with Gasteiger partial charge in [0.25, 0.3) is 5.22 Å². The van der Waals surface area contributed by atoms with Crippen LogP contribution in [0.15, 0.2) is 33.9 Å². The van der Waals surface area contributed by atoms with Crippen molar-refractivity contribution in [2.24, 2.45) is 0 Å². The van der Waals surface area contributed by atoms with E-state index in [1.165, 1.54) is 12.1 Å². The Morgan fingerprint density at radius 3 is 2.76 bits per heavy atom. The van der Waals surface area contributed by atoms with E-state index in [-0.39, 0.29) is 40.1 Å². The van der Waals surface area contributed by atoms with E-state index in [9.17, 15) is 17.6 Å². The van der Waals surface area contributed by atoms with Gasteiger partial charge in [0.2, 0.25) is 11.8 Å². The molecule has 1 saturated heterocycles. The highest BCUT2D eigenvalue weighted by Crippen LogP contribution is 2.29. The van der Waals surface area contributed by atoms with E-state index in [1.807, 2.05) is 0 Å². The minimum absolute atomic E-state index is 0.0253. The molecule has 10 heteroatoms. The van der Waals surface area contributed by atoms with Crippen molar-refractivity contribution in [2.75, 3.05) is 17.3 Å². The highest BCUT2D eigenvalue weighted by atomic mass is 32.2. The number of aromatic nitrogens is 2. The topological polar surface area (TPSA) is 102 Å². The fourth-order valence-electron chi connectivity index (χ4n) is 2.41. The summed E-state index contributed by atoms with van der Waals surface area (Å²) in [5.41, 5.74) is 0.794. The molecule has 1 aromatic carbocycles. The number of carbonyl (C=O) groups is 1. The van der Waals surface area contributed by atoms with Gasteiger partial charge >= 0.3 is 0 Å². The maximum Gasteiger partial charge on any atom is 0.277 e. The van der Waals surface area contributed by atoms with Gasteiger partial charge in [-0.25, -0.2) is 12.8 Å². The molecule has 1 fully saturated rings. The number of rotatable bonds is 6. The number of amides is 1. The van der Waals surface area contributed by atoms with Crippen LogP contribution in [0.3, 0.4) is 0 Å². The van der Waals surface area contributed by atoms with Gasteiger partial charge in [-0.2, -0.15) is 0 Å². The summed E-state index contributed by atoms with van der Waals surface area (Å²) in [5, 5.41) is 10.7. The fourth-order valence-corrected chi connectivity index (χ4v) is 4.75. The van der Waals surface area contributed by atoms with E-state index < -0.39 is 9.84 Å². The van der Waals surface area contributed by atoms with Crippen LogP contribution < -0.4 is 5.32 Å². The van der Waals surface area contributed by atoms with Gasteiger partial charge < -0.3 is 9.73 Å². The molecule has 7 nitrogen and oxygen atoms in total. The minimum atomic E-state index is -3.02. The summed E-state index contributed by atoms with van der Waals surface area (Å²) in [5.74, 6) is -0.266. The lowest BCUT2D eigenvalue weighted by Gasteiger charge is -2.04. The Morgan fingerprint density at radius 2 is 2.08 bits per heavy atom. The molecule has 1 atom stereocenters. The molecule has 0 spiro atoms. The normalized spacial score (nSPS) is 19.0. The number of carbonyl (C=O) groups excluding carboxylic acids is 1. The molecular formula is C15H16FN3O4S2. The van der Waals surface area contributed by atoms with Gasteiger partial charge in [0.1, 0.15) is 5.82 Å². The number of halogens is 1. The number of hydrogen-bond acceptors (Lipinski definition) is 7. The van der Waals surface area contributed by atoms with Crippen molar-refractivity contribution in [2.45, 2.75) is 24.1 Å². The lowest BCUT2D eigenvalue weighted by atomic mass is 10.1. The van der Waals surface area contributed by atoms with E-state index in [0.29, 0.717) is 18.9 Å². The molecular weight excluding hydrogens is 369 g/mol. The zero-order chi connectivity index (χ0) is 17.9. The Labute approximate surface area is 148 Å². The maximum absolute atomic E-state index is 12.8. The number of sulfone groups is 1. The van der Waals surface area contributed by atoms with Crippen LogP contribution in [0.1, 0.15) is 23.8 Å². The molecule has 1 aromatic heterocycles. The van der Waals surface area contributed by atoms with Gasteiger partial charge in [-0.05, 0) is 24.1 Å². The number of nitrogens with one attached hydrogen (secondary N) is 1. The van der Waals surface area contributed by atoms with Crippen LogP contribution in [0.25, 0.3) is 0 Å². The molecule has 2 aromatic rings. The van der Waals surface area contributed by atoms with Crippen LogP contribution in [-0.4, -0.2) is 41.8 Å². The zero-order valence-corrected chi connectivity index (χ0v) is 14.8. The molecule has 1 aliphatic heterocycles. The van der Waals surface area contributed by atoms with Gasteiger partial charge in [-0.15, -0.1) is 10.2 Å². The Bertz CT molecular complexity index is 852. The van der Waals surface area contributed by atoms with Gasteiger partial charge in [0, 0.05) is 6.54 Å². The van der Waals surface area contributed by atoms with Crippen molar-refractivity contribution in [3.05, 3.63) is 41.5 Å². The Kier molecular flexibility index (Phi) is 5.38. The van der Waals surface area contributed by atoms with Crippen LogP contribution >= 0.6 is 11.8 Å². The summed E-state index contributed by atoms with van der Waals surface area (Å²) < 4.78 is 41.2. The highest BCUT2D eigenvalue weighted by molar-refractivity contribution is 7.99. The van der Waals surface area contributed by atoms with Crippen molar-refractivity contribution in [1.29, 1.82) is 0 Å². The number of hydrogen-bond donors (Lipinski definition) is 1. The highest BCUT2D eigenvalue weighted by Gasteiger charge is 2.32. The molecule has 0 radical (unpaired) electrons. The summed E-state index contributed by atoms with van der Waals surface area (Å²) >= 11 is 1.08. The summed E-state index contributed by atoms with van der Waals surface area (Å²) in [6.45, 7) is 0.300. The lowest BCUT2D eigenvalue weighted by molar-refractivity contribution is -0.118. The number of nitrogens with zero attached hydrogens (tertiary/aromatic N) is 2. The second kappa shape index (κ2) is 7.52. The summed E-state index contributed by atoms with van der Waals surface area (Å²) in [6, 6.07) is 5.87. The van der Waals surface area contributed by atoms with Crippen LogP contribution in [0.5, 0.6) is 0 Å². The molecule has 25 heavy (non-hydrogen) atoms. The van der Waals surface area contributed by atoms with Crippen molar-refractivity contribution in [3.63, 3.8) is 0 Å². The SMILES string of the molecule is O=C(CSc1nnc(C2CCS(=O)(=O)C2)o1)NCc1ccc(F)cc1. The summed E-state index contributed by atoms with van der Waals surface area (Å²) in [7, 11) is -3.02. The first-order chi connectivity index (χ1) is 11.9. The average Bonchev–Trinajstić information content (AvgIpc) is 3.18. The van der Waals surface area contributed by atoms with Crippen LogP contribution in [0.2, 0.25) is 0 Å². The monoisotopic (exact) mass is 385 g/mol. The molecule has 134 valence electrons. The third-order valence-corrected chi connectivity index (χ3v) is 6.32. The lowest BCUT2D eigenvalue weighted by Crippen LogP contribution is -2.24. The van der Waals surface area contributed by atoms with E-state index in [4.69, 9.17) is 4.42 Å². The predicted octanol–water partition coefficient (Wildman–Crippen LogP) is 1.52. The van der Waals surface area contributed by atoms with E-state index in [2.05, 4.69) is 15.5 Å². The fraction of sp³-hybridized carbons (Fsp3) is 0.400. The van der Waals surface area contributed by atoms with E-state index in [0.717, 1.165) is 17.3 Å². The molecule has 1 amide bonds. The van der Waals surface area contributed by atoms with E-state index >= 15 is 0 Å². The van der Waals surface area contributed by atoms with Gasteiger partial charge in [0.05, 0.1) is 23.2 Å². The van der Waals surface area contributed by atoms with Crippen LogP contribution in [0, 0.1) is 5.82 Å². The van der Waals surface area contributed by atoms with Crippen LogP contribution in [0.4, 0.5) is 4.39 Å². The standard InChI is InChI=1S/C15H16FN3O4S2/c16-12-3-1-10(2-4-12)7-17-13(20)8-24-15-19-18-14(23-15)11-5-6-25(21,22)9-11/h1-4,11H,5-9H2,(H,17,20). The van der Waals surface area contributed by atoms with Gasteiger partial charge in [-0.3, -0.25) is 4.79 Å². The zero-order valence-electron chi connectivity index (χ0n) is 13.1. The van der Waals surface area contributed by atoms with Crippen LogP contribution in [-0.2, 0) is 21.2 Å². The summed E-state index contributed by atoms with van der Waals surface area (Å²) in [4.78, 5) is 11.8. The third-order valence-electron chi connectivity index (χ3n) is 3.73. The first-order valence-corrected chi connectivity index (χ1v) is 10.4. The number of thioether (sulfide) groups is 1. The van der Waals surface area contributed by atoms with Crippen molar-refractivity contribution in [1.82, 2.24) is 15.5 Å². The van der Waals surface area contributed by atoms with Crippen molar-refractivity contribution >= 4 is 27.5 Å². The second-order valence-corrected chi connectivity index (χ2v) is 8.85. The Hall–Kier alpha value is -1.94. The van der Waals surface area contributed by atoms with Crippen molar-refractivity contribution < 1.29 is 22.0 Å². The molecule has 0 aliphatic carbocycles. The largest absolute Gasteiger partial charge is 0.416 e. The molecule has 2 heterocycles. The molecule has 3 rings (SSSR count). The number of benzene rings is 1. The summed E-state index contributed by atoms with van der Waals surface area (Å²) in [6.07, 6.45) is 0.479. The Balaban J connectivity index is 1.45. The third kappa shape index (κ3) is 5.02. The van der Waals surface area contributed by atoms with Gasteiger partial charge in [-0.1, -0.05) is 23.9 Å². The Morgan fingerprint density at radius 1 is 1.32 bits per heavy atom. The average molecular weight is 385 g/mol. The quantitative estimate of drug-likeness (QED) is 0.752. The first kappa shape index (κ1) is 17.9. The van der Waals surface area contributed by atoms with Crippen molar-refractivity contribution in [3.8, 4) is 0 Å². The van der Waals surface area contributed by atoms with Gasteiger partial charge in [0.15, 0.2) is 9.84 Å². The minimum Gasteiger partial charge on any atom is -0.416 e. The maximum atomic E-state index is 12.8. The molecule has 1 aliphatic rings. The van der Waals surface area contributed by atoms with E-state index in [1.54, 1.807) is 12.1 Å². The molecule has 0 bridgehead atoms. The second-order valence-electron chi connectivity index (χ2n) is 5.70. The first-order valence-electron chi connectivity index (χ1n) is 7.59. The molecule has 0 saturated carbocycles.